The van der Waals surface area contributed by atoms with E-state index in [0.717, 1.165) is 37.5 Å². The summed E-state index contributed by atoms with van der Waals surface area (Å²) in [4.78, 5) is 4.37. The Morgan fingerprint density at radius 2 is 2.50 bits per heavy atom. The third-order valence-corrected chi connectivity index (χ3v) is 2.62. The van der Waals surface area contributed by atoms with Gasteiger partial charge in [-0.3, -0.25) is 5.10 Å². The summed E-state index contributed by atoms with van der Waals surface area (Å²) in [7, 11) is 0. The van der Waals surface area contributed by atoms with Crippen LogP contribution in [0.25, 0.3) is 0 Å². The smallest absolute Gasteiger partial charge is 0.150 e. The highest BCUT2D eigenvalue weighted by Gasteiger charge is 2.15. The van der Waals surface area contributed by atoms with Crippen molar-refractivity contribution in [2.45, 2.75) is 45.1 Å². The van der Waals surface area contributed by atoms with Crippen LogP contribution in [-0.2, 0) is 17.6 Å². The second kappa shape index (κ2) is 4.55. The predicted octanol–water partition coefficient (Wildman–Crippen LogP) is 1.48. The molecule has 1 fully saturated rings. The molecular weight excluding hydrogens is 178 g/mol. The van der Waals surface area contributed by atoms with Gasteiger partial charge in [-0.15, -0.1) is 0 Å². The summed E-state index contributed by atoms with van der Waals surface area (Å²) in [6.07, 6.45) is 5.79. The molecule has 2 heterocycles. The summed E-state index contributed by atoms with van der Waals surface area (Å²) in [5, 5.41) is 7.07. The van der Waals surface area contributed by atoms with Crippen molar-refractivity contribution < 1.29 is 4.74 Å². The van der Waals surface area contributed by atoms with Gasteiger partial charge in [-0.25, -0.2) is 4.98 Å². The number of aryl methyl sites for hydroxylation is 2. The summed E-state index contributed by atoms with van der Waals surface area (Å²) in [6, 6.07) is 0. The Labute approximate surface area is 84.1 Å². The van der Waals surface area contributed by atoms with Gasteiger partial charge in [-0.1, -0.05) is 6.92 Å². The predicted molar refractivity (Wildman–Crippen MR) is 53.1 cm³/mol. The molecular formula is C10H17N3O. The standard InChI is InChI=1S/C10H17N3O/c1-2-9-11-10(13-12-9)6-5-8-4-3-7-14-8/h8H,2-7H2,1H3,(H,11,12,13). The van der Waals surface area contributed by atoms with Gasteiger partial charge in [0.25, 0.3) is 0 Å². The molecule has 0 saturated carbocycles. The maximum absolute atomic E-state index is 5.55. The zero-order valence-electron chi connectivity index (χ0n) is 8.62. The van der Waals surface area contributed by atoms with E-state index in [2.05, 4.69) is 22.1 Å². The first-order valence-corrected chi connectivity index (χ1v) is 5.40. The van der Waals surface area contributed by atoms with Gasteiger partial charge in [0, 0.05) is 19.4 Å². The second-order valence-corrected chi connectivity index (χ2v) is 3.73. The number of aromatic amines is 1. The largest absolute Gasteiger partial charge is 0.378 e. The minimum Gasteiger partial charge on any atom is -0.378 e. The van der Waals surface area contributed by atoms with Crippen LogP contribution in [0.3, 0.4) is 0 Å². The topological polar surface area (TPSA) is 50.8 Å². The Morgan fingerprint density at radius 1 is 1.57 bits per heavy atom. The number of H-pyrrole nitrogens is 1. The zero-order chi connectivity index (χ0) is 9.80. The van der Waals surface area contributed by atoms with E-state index >= 15 is 0 Å². The molecule has 0 spiro atoms. The lowest BCUT2D eigenvalue weighted by atomic mass is 10.1. The van der Waals surface area contributed by atoms with Crippen molar-refractivity contribution in [3.8, 4) is 0 Å². The molecule has 1 aliphatic rings. The van der Waals surface area contributed by atoms with Crippen molar-refractivity contribution in [3.05, 3.63) is 11.6 Å². The van der Waals surface area contributed by atoms with Crippen molar-refractivity contribution >= 4 is 0 Å². The molecule has 4 heteroatoms. The highest BCUT2D eigenvalue weighted by molar-refractivity contribution is 4.90. The first-order chi connectivity index (χ1) is 6.88. The number of hydrogen-bond donors (Lipinski definition) is 1. The molecule has 78 valence electrons. The Morgan fingerprint density at radius 3 is 3.14 bits per heavy atom. The normalized spacial score (nSPS) is 21.6. The molecule has 1 N–H and O–H groups in total. The Bertz CT molecular complexity index is 279. The van der Waals surface area contributed by atoms with Gasteiger partial charge in [0.2, 0.25) is 0 Å². The minimum atomic E-state index is 0.449. The number of aromatic nitrogens is 3. The number of rotatable bonds is 4. The lowest BCUT2D eigenvalue weighted by molar-refractivity contribution is 0.104. The lowest BCUT2D eigenvalue weighted by Gasteiger charge is -2.06. The van der Waals surface area contributed by atoms with Crippen LogP contribution >= 0.6 is 0 Å². The molecule has 1 aliphatic heterocycles. The van der Waals surface area contributed by atoms with Gasteiger partial charge >= 0.3 is 0 Å². The minimum absolute atomic E-state index is 0.449. The number of nitrogens with one attached hydrogen (secondary N) is 1. The summed E-state index contributed by atoms with van der Waals surface area (Å²) < 4.78 is 5.55. The Balaban J connectivity index is 1.79. The first kappa shape index (κ1) is 9.65. The second-order valence-electron chi connectivity index (χ2n) is 3.73. The summed E-state index contributed by atoms with van der Waals surface area (Å²) in [5.41, 5.74) is 0. The molecule has 4 nitrogen and oxygen atoms in total. The quantitative estimate of drug-likeness (QED) is 0.791. The highest BCUT2D eigenvalue weighted by Crippen LogP contribution is 2.16. The fourth-order valence-corrected chi connectivity index (χ4v) is 1.77. The molecule has 0 radical (unpaired) electrons. The molecule has 0 aromatic carbocycles. The van der Waals surface area contributed by atoms with Gasteiger partial charge in [-0.2, -0.15) is 5.10 Å². The third kappa shape index (κ3) is 2.32. The fraction of sp³-hybridized carbons (Fsp3) is 0.800. The molecule has 0 amide bonds. The molecule has 1 atom stereocenters. The van der Waals surface area contributed by atoms with Gasteiger partial charge in [0.05, 0.1) is 6.10 Å². The van der Waals surface area contributed by atoms with E-state index in [9.17, 15) is 0 Å². The lowest BCUT2D eigenvalue weighted by Crippen LogP contribution is -2.06. The number of hydrogen-bond acceptors (Lipinski definition) is 3. The van der Waals surface area contributed by atoms with Crippen molar-refractivity contribution in [1.82, 2.24) is 15.2 Å². The SMILES string of the molecule is CCc1n[nH]c(CCC2CCCO2)n1. The van der Waals surface area contributed by atoms with E-state index in [1.807, 2.05) is 0 Å². The van der Waals surface area contributed by atoms with Gasteiger partial charge < -0.3 is 4.74 Å². The highest BCUT2D eigenvalue weighted by atomic mass is 16.5. The van der Waals surface area contributed by atoms with Gasteiger partial charge in [0.15, 0.2) is 0 Å². The third-order valence-electron chi connectivity index (χ3n) is 2.62. The first-order valence-electron chi connectivity index (χ1n) is 5.40. The van der Waals surface area contributed by atoms with E-state index in [0.29, 0.717) is 6.10 Å². The molecule has 0 aliphatic carbocycles. The van der Waals surface area contributed by atoms with Crippen LogP contribution in [0.1, 0.15) is 37.8 Å². The van der Waals surface area contributed by atoms with Crippen LogP contribution in [0.5, 0.6) is 0 Å². The van der Waals surface area contributed by atoms with E-state index < -0.39 is 0 Å². The molecule has 14 heavy (non-hydrogen) atoms. The van der Waals surface area contributed by atoms with Crippen molar-refractivity contribution in [1.29, 1.82) is 0 Å². The average Bonchev–Trinajstić information content (AvgIpc) is 2.86. The molecule has 0 bridgehead atoms. The Kier molecular flexibility index (Phi) is 3.14. The maximum atomic E-state index is 5.55. The average molecular weight is 195 g/mol. The molecule has 1 aromatic heterocycles. The molecule has 1 saturated heterocycles. The van der Waals surface area contributed by atoms with Crippen LogP contribution in [0.2, 0.25) is 0 Å². The van der Waals surface area contributed by atoms with Crippen molar-refractivity contribution in [2.24, 2.45) is 0 Å². The van der Waals surface area contributed by atoms with Crippen molar-refractivity contribution in [2.75, 3.05) is 6.61 Å². The fourth-order valence-electron chi connectivity index (χ4n) is 1.77. The zero-order valence-corrected chi connectivity index (χ0v) is 8.62. The molecule has 1 unspecified atom stereocenters. The van der Waals surface area contributed by atoms with E-state index in [1.165, 1.54) is 12.8 Å². The molecule has 1 aromatic rings. The summed E-state index contributed by atoms with van der Waals surface area (Å²) in [6.45, 7) is 2.99. The van der Waals surface area contributed by atoms with Gasteiger partial charge in [0.1, 0.15) is 11.6 Å². The number of ether oxygens (including phenoxy) is 1. The Hall–Kier alpha value is -0.900. The van der Waals surface area contributed by atoms with Crippen molar-refractivity contribution in [3.63, 3.8) is 0 Å². The van der Waals surface area contributed by atoms with Gasteiger partial charge in [-0.05, 0) is 19.3 Å². The van der Waals surface area contributed by atoms with Crippen LogP contribution in [0.4, 0.5) is 0 Å². The van der Waals surface area contributed by atoms with Crippen LogP contribution in [0, 0.1) is 0 Å². The van der Waals surface area contributed by atoms with E-state index in [-0.39, 0.29) is 0 Å². The maximum Gasteiger partial charge on any atom is 0.150 e. The van der Waals surface area contributed by atoms with E-state index in [4.69, 9.17) is 4.74 Å². The summed E-state index contributed by atoms with van der Waals surface area (Å²) >= 11 is 0. The van der Waals surface area contributed by atoms with Crippen LogP contribution in [-0.4, -0.2) is 27.9 Å². The van der Waals surface area contributed by atoms with E-state index in [1.54, 1.807) is 0 Å². The van der Waals surface area contributed by atoms with Crippen LogP contribution in [0.15, 0.2) is 0 Å². The van der Waals surface area contributed by atoms with Crippen LogP contribution < -0.4 is 0 Å². The summed E-state index contributed by atoms with van der Waals surface area (Å²) in [5.74, 6) is 1.91. The molecule has 2 rings (SSSR count). The monoisotopic (exact) mass is 195 g/mol. The number of nitrogens with zero attached hydrogens (tertiary/aromatic N) is 2.